The van der Waals surface area contributed by atoms with Crippen molar-refractivity contribution in [1.29, 1.82) is 5.26 Å². The summed E-state index contributed by atoms with van der Waals surface area (Å²) in [7, 11) is 0. The van der Waals surface area contributed by atoms with Crippen LogP contribution in [0.5, 0.6) is 0 Å². The summed E-state index contributed by atoms with van der Waals surface area (Å²) in [6.07, 6.45) is 6.95. The van der Waals surface area contributed by atoms with E-state index in [0.717, 1.165) is 0 Å². The number of rotatable bonds is 1. The molecular formula is C8H12BrN. The first-order chi connectivity index (χ1) is 4.77. The van der Waals surface area contributed by atoms with Gasteiger partial charge in [-0.25, -0.2) is 0 Å². The molecule has 0 bridgehead atoms. The largest absolute Gasteiger partial charge is 0.198 e. The molecule has 1 aliphatic carbocycles. The normalized spacial score (nSPS) is 23.6. The van der Waals surface area contributed by atoms with Crippen LogP contribution in [-0.2, 0) is 0 Å². The lowest BCUT2D eigenvalue weighted by atomic mass is 9.87. The number of alkyl halides is 1. The van der Waals surface area contributed by atoms with Gasteiger partial charge in [-0.2, -0.15) is 5.26 Å². The lowest BCUT2D eigenvalue weighted by Crippen LogP contribution is -2.22. The molecule has 1 fully saturated rings. The molecule has 0 aliphatic heterocycles. The van der Waals surface area contributed by atoms with Crippen molar-refractivity contribution in [3.05, 3.63) is 0 Å². The Morgan fingerprint density at radius 2 is 1.90 bits per heavy atom. The van der Waals surface area contributed by atoms with Gasteiger partial charge in [-0.1, -0.05) is 35.2 Å². The molecule has 1 nitrogen and oxygen atoms in total. The maximum atomic E-state index is 8.50. The maximum absolute atomic E-state index is 8.50. The summed E-state index contributed by atoms with van der Waals surface area (Å²) in [5, 5.41) is 8.50. The number of nitriles is 1. The molecule has 0 radical (unpaired) electrons. The monoisotopic (exact) mass is 201 g/mol. The second kappa shape index (κ2) is 3.39. The average molecular weight is 202 g/mol. The Balaban J connectivity index is 2.42. The zero-order valence-corrected chi connectivity index (χ0v) is 7.65. The van der Waals surface area contributed by atoms with Crippen molar-refractivity contribution >= 4 is 15.9 Å². The third-order valence-electron chi connectivity index (χ3n) is 2.15. The van der Waals surface area contributed by atoms with E-state index in [9.17, 15) is 0 Å². The van der Waals surface area contributed by atoms with Crippen LogP contribution in [-0.4, -0.2) is 4.32 Å². The van der Waals surface area contributed by atoms with E-state index in [1.165, 1.54) is 32.1 Å². The summed E-state index contributed by atoms with van der Waals surface area (Å²) in [6.45, 7) is 0. The van der Waals surface area contributed by atoms with E-state index in [-0.39, 0.29) is 4.32 Å². The average Bonchev–Trinajstić information content (AvgIpc) is 1.89. The second-order valence-electron chi connectivity index (χ2n) is 3.05. The van der Waals surface area contributed by atoms with E-state index in [1.807, 2.05) is 0 Å². The van der Waals surface area contributed by atoms with Gasteiger partial charge in [-0.3, -0.25) is 0 Å². The van der Waals surface area contributed by atoms with Crippen LogP contribution in [0.15, 0.2) is 0 Å². The minimum Gasteiger partial charge on any atom is -0.198 e. The van der Waals surface area contributed by atoms with Crippen LogP contribution in [0.25, 0.3) is 0 Å². The Morgan fingerprint density at radius 1 is 1.30 bits per heavy atom. The molecule has 0 heterocycles. The van der Waals surface area contributed by atoms with E-state index in [2.05, 4.69) is 22.0 Å². The Bertz CT molecular complexity index is 142. The lowest BCUT2D eigenvalue weighted by Gasteiger charge is -2.28. The second-order valence-corrected chi connectivity index (χ2v) is 4.73. The zero-order chi connectivity index (χ0) is 7.45. The fourth-order valence-electron chi connectivity index (χ4n) is 1.50. The molecule has 0 aromatic carbocycles. The summed E-state index contributed by atoms with van der Waals surface area (Å²) >= 11 is 3.63. The molecule has 0 atom stereocenters. The minimum atomic E-state index is 0.181. The van der Waals surface area contributed by atoms with Gasteiger partial charge < -0.3 is 0 Å². The number of hydrogen-bond donors (Lipinski definition) is 0. The highest BCUT2D eigenvalue weighted by Gasteiger charge is 2.28. The van der Waals surface area contributed by atoms with Crippen molar-refractivity contribution in [2.24, 2.45) is 0 Å². The van der Waals surface area contributed by atoms with Crippen LogP contribution in [0.4, 0.5) is 0 Å². The molecule has 0 spiro atoms. The number of nitrogens with zero attached hydrogens (tertiary/aromatic N) is 1. The molecule has 56 valence electrons. The molecule has 0 aromatic heterocycles. The lowest BCUT2D eigenvalue weighted by molar-refractivity contribution is 0.410. The first kappa shape index (κ1) is 8.07. The molecule has 1 aliphatic rings. The number of halogens is 1. The van der Waals surface area contributed by atoms with Crippen molar-refractivity contribution in [3.8, 4) is 6.07 Å². The molecule has 0 aromatic rings. The van der Waals surface area contributed by atoms with Crippen molar-refractivity contribution in [2.45, 2.75) is 42.8 Å². The molecule has 1 saturated carbocycles. The van der Waals surface area contributed by atoms with Crippen LogP contribution in [0, 0.1) is 11.3 Å². The van der Waals surface area contributed by atoms with Crippen LogP contribution in [0.2, 0.25) is 0 Å². The first-order valence-corrected chi connectivity index (χ1v) is 4.62. The molecule has 0 saturated heterocycles. The summed E-state index contributed by atoms with van der Waals surface area (Å²) < 4.78 is 0.181. The van der Waals surface area contributed by atoms with Crippen molar-refractivity contribution in [2.75, 3.05) is 0 Å². The summed E-state index contributed by atoms with van der Waals surface area (Å²) in [4.78, 5) is 0. The van der Waals surface area contributed by atoms with E-state index in [0.29, 0.717) is 6.42 Å². The smallest absolute Gasteiger partial charge is 0.0636 e. The SMILES string of the molecule is N#CCC1(Br)CCCCC1. The fourth-order valence-corrected chi connectivity index (χ4v) is 2.19. The van der Waals surface area contributed by atoms with Gasteiger partial charge >= 0.3 is 0 Å². The molecular weight excluding hydrogens is 190 g/mol. The Hall–Kier alpha value is -0.0300. The highest BCUT2D eigenvalue weighted by Crippen LogP contribution is 2.38. The van der Waals surface area contributed by atoms with Gasteiger partial charge in [0.25, 0.3) is 0 Å². The highest BCUT2D eigenvalue weighted by molar-refractivity contribution is 9.10. The van der Waals surface area contributed by atoms with Crippen LogP contribution in [0.3, 0.4) is 0 Å². The standard InChI is InChI=1S/C8H12BrN/c9-8(6-7-10)4-2-1-3-5-8/h1-6H2. The van der Waals surface area contributed by atoms with E-state index in [1.54, 1.807) is 0 Å². The molecule has 1 rings (SSSR count). The molecule has 0 N–H and O–H groups in total. The van der Waals surface area contributed by atoms with Gasteiger partial charge in [0.2, 0.25) is 0 Å². The van der Waals surface area contributed by atoms with Crippen LogP contribution in [0.1, 0.15) is 38.5 Å². The van der Waals surface area contributed by atoms with Crippen molar-refractivity contribution in [1.82, 2.24) is 0 Å². The van der Waals surface area contributed by atoms with Crippen LogP contribution >= 0.6 is 15.9 Å². The summed E-state index contributed by atoms with van der Waals surface area (Å²) in [6, 6.07) is 2.23. The Morgan fingerprint density at radius 3 is 2.40 bits per heavy atom. The topological polar surface area (TPSA) is 23.8 Å². The quantitative estimate of drug-likeness (QED) is 0.599. The van der Waals surface area contributed by atoms with Gasteiger partial charge in [0.15, 0.2) is 0 Å². The van der Waals surface area contributed by atoms with Gasteiger partial charge in [-0.05, 0) is 12.8 Å². The number of hydrogen-bond acceptors (Lipinski definition) is 1. The Labute approximate surface area is 70.5 Å². The van der Waals surface area contributed by atoms with Crippen molar-refractivity contribution in [3.63, 3.8) is 0 Å². The fraction of sp³-hybridized carbons (Fsp3) is 0.875. The predicted molar refractivity (Wildman–Crippen MR) is 45.0 cm³/mol. The minimum absolute atomic E-state index is 0.181. The molecule has 0 unspecified atom stereocenters. The molecule has 2 heteroatoms. The van der Waals surface area contributed by atoms with Gasteiger partial charge in [-0.15, -0.1) is 0 Å². The Kier molecular flexibility index (Phi) is 2.73. The summed E-state index contributed by atoms with van der Waals surface area (Å²) in [5.41, 5.74) is 0. The highest BCUT2D eigenvalue weighted by atomic mass is 79.9. The van der Waals surface area contributed by atoms with E-state index >= 15 is 0 Å². The van der Waals surface area contributed by atoms with Gasteiger partial charge in [0.1, 0.15) is 0 Å². The van der Waals surface area contributed by atoms with E-state index in [4.69, 9.17) is 5.26 Å². The predicted octanol–water partition coefficient (Wildman–Crippen LogP) is 3.00. The molecule has 10 heavy (non-hydrogen) atoms. The third kappa shape index (κ3) is 1.98. The zero-order valence-electron chi connectivity index (χ0n) is 6.07. The maximum Gasteiger partial charge on any atom is 0.0636 e. The van der Waals surface area contributed by atoms with Crippen molar-refractivity contribution < 1.29 is 0 Å². The van der Waals surface area contributed by atoms with E-state index < -0.39 is 0 Å². The third-order valence-corrected chi connectivity index (χ3v) is 3.22. The molecule has 0 amide bonds. The first-order valence-electron chi connectivity index (χ1n) is 3.83. The van der Waals surface area contributed by atoms with Gasteiger partial charge in [0, 0.05) is 4.32 Å². The van der Waals surface area contributed by atoms with Crippen LogP contribution < -0.4 is 0 Å². The summed E-state index contributed by atoms with van der Waals surface area (Å²) in [5.74, 6) is 0. The van der Waals surface area contributed by atoms with Gasteiger partial charge in [0.05, 0.1) is 12.5 Å².